The zero-order valence-electron chi connectivity index (χ0n) is 11.7. The molecule has 0 fully saturated rings. The van der Waals surface area contributed by atoms with E-state index < -0.39 is 5.67 Å². The van der Waals surface area contributed by atoms with Crippen LogP contribution in [0.3, 0.4) is 0 Å². The molecule has 0 aliphatic carbocycles. The molecular formula is C18H21F. The highest BCUT2D eigenvalue weighted by molar-refractivity contribution is 5.63. The van der Waals surface area contributed by atoms with Gasteiger partial charge in [0, 0.05) is 0 Å². The first-order valence-corrected chi connectivity index (χ1v) is 6.98. The molecule has 2 rings (SSSR count). The summed E-state index contributed by atoms with van der Waals surface area (Å²) in [5, 5.41) is 0. The van der Waals surface area contributed by atoms with E-state index >= 15 is 0 Å². The summed E-state index contributed by atoms with van der Waals surface area (Å²) in [7, 11) is 0. The van der Waals surface area contributed by atoms with E-state index in [1.54, 1.807) is 6.92 Å². The first-order valence-electron chi connectivity index (χ1n) is 6.98. The maximum absolute atomic E-state index is 14.5. The molecule has 0 aromatic heterocycles. The van der Waals surface area contributed by atoms with Crippen LogP contribution in [0.1, 0.15) is 38.7 Å². The summed E-state index contributed by atoms with van der Waals surface area (Å²) in [5.74, 6) is 0. The van der Waals surface area contributed by atoms with Crippen molar-refractivity contribution in [3.05, 3.63) is 60.2 Å². The van der Waals surface area contributed by atoms with Crippen molar-refractivity contribution in [3.8, 4) is 11.1 Å². The van der Waals surface area contributed by atoms with Crippen molar-refractivity contribution in [1.82, 2.24) is 0 Å². The standard InChI is InChI=1S/C18H21F/c1-3-4-14-18(2,19)17-12-10-16(11-13-17)15-8-6-5-7-9-15/h5-13H,3-4,14H2,1-2H3. The summed E-state index contributed by atoms with van der Waals surface area (Å²) in [4.78, 5) is 0. The minimum absolute atomic E-state index is 0.591. The third-order valence-corrected chi connectivity index (χ3v) is 3.59. The fourth-order valence-electron chi connectivity index (χ4n) is 2.29. The molecule has 0 bridgehead atoms. The van der Waals surface area contributed by atoms with Crippen molar-refractivity contribution in [2.75, 3.05) is 0 Å². The van der Waals surface area contributed by atoms with Crippen molar-refractivity contribution < 1.29 is 4.39 Å². The summed E-state index contributed by atoms with van der Waals surface area (Å²) in [6, 6.07) is 18.0. The highest BCUT2D eigenvalue weighted by atomic mass is 19.1. The Labute approximate surface area is 115 Å². The molecule has 1 heteroatoms. The molecule has 2 aromatic rings. The topological polar surface area (TPSA) is 0 Å². The van der Waals surface area contributed by atoms with Crippen LogP contribution in [0.15, 0.2) is 54.6 Å². The first-order chi connectivity index (χ1) is 9.13. The lowest BCUT2D eigenvalue weighted by Crippen LogP contribution is -2.14. The lowest BCUT2D eigenvalue weighted by atomic mass is 9.91. The van der Waals surface area contributed by atoms with Gasteiger partial charge in [0.1, 0.15) is 5.67 Å². The Kier molecular flexibility index (Phi) is 4.36. The van der Waals surface area contributed by atoms with Gasteiger partial charge >= 0.3 is 0 Å². The zero-order valence-corrected chi connectivity index (χ0v) is 11.7. The van der Waals surface area contributed by atoms with E-state index in [2.05, 4.69) is 19.1 Å². The molecule has 0 saturated carbocycles. The molecule has 0 aliphatic rings. The Morgan fingerprint density at radius 2 is 1.47 bits per heavy atom. The quantitative estimate of drug-likeness (QED) is 0.641. The SMILES string of the molecule is CCCCC(C)(F)c1ccc(-c2ccccc2)cc1. The largest absolute Gasteiger partial charge is 0.239 e. The number of benzene rings is 2. The summed E-state index contributed by atoms with van der Waals surface area (Å²) in [5.41, 5.74) is 1.87. The Balaban J connectivity index is 2.19. The molecule has 0 saturated heterocycles. The van der Waals surface area contributed by atoms with Gasteiger partial charge in [-0.15, -0.1) is 0 Å². The average Bonchev–Trinajstić information content (AvgIpc) is 2.46. The van der Waals surface area contributed by atoms with Crippen LogP contribution in [0.25, 0.3) is 11.1 Å². The van der Waals surface area contributed by atoms with Crippen LogP contribution < -0.4 is 0 Å². The van der Waals surface area contributed by atoms with Gasteiger partial charge in [-0.05, 0) is 30.0 Å². The highest BCUT2D eigenvalue weighted by Crippen LogP contribution is 2.32. The Hall–Kier alpha value is -1.63. The van der Waals surface area contributed by atoms with Gasteiger partial charge in [0.25, 0.3) is 0 Å². The summed E-state index contributed by atoms with van der Waals surface area (Å²) < 4.78 is 14.5. The van der Waals surface area contributed by atoms with Gasteiger partial charge < -0.3 is 0 Å². The highest BCUT2D eigenvalue weighted by Gasteiger charge is 2.24. The molecule has 2 aromatic carbocycles. The van der Waals surface area contributed by atoms with Crippen molar-refractivity contribution in [2.24, 2.45) is 0 Å². The van der Waals surface area contributed by atoms with Gasteiger partial charge in [-0.25, -0.2) is 4.39 Å². The molecular weight excluding hydrogens is 235 g/mol. The Morgan fingerprint density at radius 1 is 0.895 bits per heavy atom. The number of alkyl halides is 1. The molecule has 0 amide bonds. The van der Waals surface area contributed by atoms with Gasteiger partial charge in [0.05, 0.1) is 0 Å². The lowest BCUT2D eigenvalue weighted by Gasteiger charge is -2.21. The van der Waals surface area contributed by atoms with Crippen molar-refractivity contribution >= 4 is 0 Å². The molecule has 1 unspecified atom stereocenters. The van der Waals surface area contributed by atoms with Crippen LogP contribution in [0.5, 0.6) is 0 Å². The van der Waals surface area contributed by atoms with Gasteiger partial charge in [-0.3, -0.25) is 0 Å². The van der Waals surface area contributed by atoms with Gasteiger partial charge in [0.15, 0.2) is 0 Å². The second-order valence-electron chi connectivity index (χ2n) is 5.24. The molecule has 0 aliphatic heterocycles. The first kappa shape index (κ1) is 13.8. The third kappa shape index (κ3) is 3.44. The molecule has 0 heterocycles. The molecule has 1 atom stereocenters. The van der Waals surface area contributed by atoms with Crippen LogP contribution in [-0.4, -0.2) is 0 Å². The fraction of sp³-hybridized carbons (Fsp3) is 0.333. The third-order valence-electron chi connectivity index (χ3n) is 3.59. The Morgan fingerprint density at radius 3 is 2.05 bits per heavy atom. The molecule has 100 valence electrons. The number of hydrogen-bond donors (Lipinski definition) is 0. The van der Waals surface area contributed by atoms with Gasteiger partial charge in [-0.2, -0.15) is 0 Å². The van der Waals surface area contributed by atoms with E-state index in [4.69, 9.17) is 0 Å². The van der Waals surface area contributed by atoms with E-state index in [9.17, 15) is 4.39 Å². The normalized spacial score (nSPS) is 14.1. The monoisotopic (exact) mass is 256 g/mol. The van der Waals surface area contributed by atoms with E-state index in [0.717, 1.165) is 24.0 Å². The van der Waals surface area contributed by atoms with Crippen molar-refractivity contribution in [2.45, 2.75) is 38.8 Å². The van der Waals surface area contributed by atoms with E-state index in [0.29, 0.717) is 6.42 Å². The number of unbranched alkanes of at least 4 members (excludes halogenated alkanes) is 1. The predicted molar refractivity (Wildman–Crippen MR) is 79.9 cm³/mol. The van der Waals surface area contributed by atoms with Gasteiger partial charge in [0.2, 0.25) is 0 Å². The summed E-state index contributed by atoms with van der Waals surface area (Å²) in [6.07, 6.45) is 2.54. The predicted octanol–water partition coefficient (Wildman–Crippen LogP) is 5.73. The number of rotatable bonds is 5. The summed E-state index contributed by atoms with van der Waals surface area (Å²) >= 11 is 0. The molecule has 0 nitrogen and oxygen atoms in total. The zero-order chi connectivity index (χ0) is 13.7. The maximum Gasteiger partial charge on any atom is 0.133 e. The van der Waals surface area contributed by atoms with Crippen LogP contribution >= 0.6 is 0 Å². The van der Waals surface area contributed by atoms with Crippen molar-refractivity contribution in [3.63, 3.8) is 0 Å². The second-order valence-corrected chi connectivity index (χ2v) is 5.24. The van der Waals surface area contributed by atoms with E-state index in [-0.39, 0.29) is 0 Å². The van der Waals surface area contributed by atoms with E-state index in [1.807, 2.05) is 42.5 Å². The average molecular weight is 256 g/mol. The van der Waals surface area contributed by atoms with Crippen LogP contribution in [0.4, 0.5) is 4.39 Å². The number of halogens is 1. The van der Waals surface area contributed by atoms with Crippen LogP contribution in [-0.2, 0) is 5.67 Å². The molecule has 19 heavy (non-hydrogen) atoms. The minimum Gasteiger partial charge on any atom is -0.239 e. The lowest BCUT2D eigenvalue weighted by molar-refractivity contribution is 0.172. The minimum atomic E-state index is -1.22. The van der Waals surface area contributed by atoms with Crippen LogP contribution in [0.2, 0.25) is 0 Å². The van der Waals surface area contributed by atoms with Crippen LogP contribution in [0, 0.1) is 0 Å². The fourth-order valence-corrected chi connectivity index (χ4v) is 2.29. The summed E-state index contributed by atoms with van der Waals surface area (Å²) in [6.45, 7) is 3.77. The smallest absolute Gasteiger partial charge is 0.133 e. The molecule has 0 N–H and O–H groups in total. The van der Waals surface area contributed by atoms with Crippen molar-refractivity contribution in [1.29, 1.82) is 0 Å². The Bertz CT molecular complexity index is 497. The van der Waals surface area contributed by atoms with Gasteiger partial charge in [-0.1, -0.05) is 74.4 Å². The number of hydrogen-bond acceptors (Lipinski definition) is 0. The molecule has 0 radical (unpaired) electrons. The maximum atomic E-state index is 14.5. The molecule has 0 spiro atoms. The van der Waals surface area contributed by atoms with E-state index in [1.165, 1.54) is 5.56 Å². The second kappa shape index (κ2) is 6.01.